The Hall–Kier alpha value is -0.620. The minimum Gasteiger partial charge on any atom is -0.353 e. The Morgan fingerprint density at radius 3 is 2.37 bits per heavy atom. The molecule has 19 heavy (non-hydrogen) atoms. The number of rotatable bonds is 2. The fourth-order valence-electron chi connectivity index (χ4n) is 3.24. The first-order valence-corrected chi connectivity index (χ1v) is 8.97. The molecule has 2 aliphatic rings. The molecular weight excluding hydrogens is 264 g/mol. The molecule has 2 rings (SSSR count). The highest BCUT2D eigenvalue weighted by Crippen LogP contribution is 2.29. The Morgan fingerprint density at radius 2 is 1.79 bits per heavy atom. The van der Waals surface area contributed by atoms with Gasteiger partial charge in [-0.2, -0.15) is 0 Å². The first-order valence-electron chi connectivity index (χ1n) is 7.15. The van der Waals surface area contributed by atoms with E-state index in [0.717, 1.165) is 19.3 Å². The number of carbonyl (C=O) groups excluding carboxylic acids is 1. The van der Waals surface area contributed by atoms with Crippen molar-refractivity contribution < 1.29 is 13.2 Å². The van der Waals surface area contributed by atoms with Gasteiger partial charge in [0, 0.05) is 12.1 Å². The first-order chi connectivity index (χ1) is 8.89. The highest BCUT2D eigenvalue weighted by atomic mass is 32.2. The summed E-state index contributed by atoms with van der Waals surface area (Å²) in [5.41, 5.74) is 6.06. The fraction of sp³-hybridized carbons (Fsp3) is 0.923. The van der Waals surface area contributed by atoms with E-state index in [4.69, 9.17) is 5.73 Å². The number of carbonyl (C=O) groups is 1. The van der Waals surface area contributed by atoms with E-state index in [2.05, 4.69) is 12.2 Å². The molecule has 3 N–H and O–H groups in total. The van der Waals surface area contributed by atoms with Crippen molar-refractivity contribution in [1.82, 2.24) is 5.32 Å². The molecule has 110 valence electrons. The minimum atomic E-state index is -2.87. The molecule has 0 bridgehead atoms. The average molecular weight is 288 g/mol. The molecule has 2 fully saturated rings. The van der Waals surface area contributed by atoms with E-state index in [9.17, 15) is 13.2 Å². The second kappa shape index (κ2) is 5.79. The fourth-order valence-corrected chi connectivity index (χ4v) is 4.73. The van der Waals surface area contributed by atoms with E-state index in [1.807, 2.05) is 0 Å². The number of hydrogen-bond donors (Lipinski definition) is 2. The van der Waals surface area contributed by atoms with Crippen LogP contribution in [0.15, 0.2) is 0 Å². The van der Waals surface area contributed by atoms with Gasteiger partial charge in [0.15, 0.2) is 0 Å². The summed E-state index contributed by atoms with van der Waals surface area (Å²) >= 11 is 0. The maximum atomic E-state index is 12.3. The van der Waals surface area contributed by atoms with Gasteiger partial charge >= 0.3 is 0 Å². The van der Waals surface area contributed by atoms with Crippen molar-refractivity contribution in [2.24, 2.45) is 17.6 Å². The highest BCUT2D eigenvalue weighted by Gasteiger charge is 2.35. The lowest BCUT2D eigenvalue weighted by atomic mass is 9.76. The maximum absolute atomic E-state index is 12.3. The Balaban J connectivity index is 1.90. The zero-order chi connectivity index (χ0) is 14.0. The topological polar surface area (TPSA) is 89.3 Å². The van der Waals surface area contributed by atoms with E-state index >= 15 is 0 Å². The SMILES string of the molecule is CC1CCCC(N)C1C(=O)NC1CCS(=O)(=O)CC1. The van der Waals surface area contributed by atoms with E-state index in [1.54, 1.807) is 0 Å². The first kappa shape index (κ1) is 14.8. The Labute approximate surface area is 115 Å². The van der Waals surface area contributed by atoms with Crippen LogP contribution in [0.3, 0.4) is 0 Å². The molecule has 1 saturated heterocycles. The minimum absolute atomic E-state index is 0.00245. The lowest BCUT2D eigenvalue weighted by Gasteiger charge is -2.34. The summed E-state index contributed by atoms with van der Waals surface area (Å²) in [4.78, 5) is 12.3. The van der Waals surface area contributed by atoms with Crippen molar-refractivity contribution in [2.75, 3.05) is 11.5 Å². The predicted molar refractivity (Wildman–Crippen MR) is 74.3 cm³/mol. The normalized spacial score (nSPS) is 35.8. The summed E-state index contributed by atoms with van der Waals surface area (Å²) in [7, 11) is -2.87. The average Bonchev–Trinajstić information content (AvgIpc) is 2.32. The van der Waals surface area contributed by atoms with E-state index < -0.39 is 9.84 Å². The van der Waals surface area contributed by atoms with E-state index in [0.29, 0.717) is 18.8 Å². The molecule has 3 atom stereocenters. The second-order valence-electron chi connectivity index (χ2n) is 6.03. The van der Waals surface area contributed by atoms with Crippen molar-refractivity contribution in [2.45, 2.75) is 51.1 Å². The number of nitrogens with one attached hydrogen (secondary N) is 1. The van der Waals surface area contributed by atoms with Gasteiger partial charge in [-0.25, -0.2) is 8.42 Å². The molecule has 1 aliphatic carbocycles. The summed E-state index contributed by atoms with van der Waals surface area (Å²) in [6.45, 7) is 2.08. The summed E-state index contributed by atoms with van der Waals surface area (Å²) in [6.07, 6.45) is 4.11. The van der Waals surface area contributed by atoms with Gasteiger partial charge in [0.2, 0.25) is 5.91 Å². The van der Waals surface area contributed by atoms with Gasteiger partial charge < -0.3 is 11.1 Å². The quantitative estimate of drug-likeness (QED) is 0.772. The predicted octanol–water partition coefficient (Wildman–Crippen LogP) is 0.443. The van der Waals surface area contributed by atoms with Crippen LogP contribution < -0.4 is 11.1 Å². The Kier molecular flexibility index (Phi) is 4.50. The van der Waals surface area contributed by atoms with Crippen LogP contribution in [0.4, 0.5) is 0 Å². The molecule has 1 aliphatic heterocycles. The lowest BCUT2D eigenvalue weighted by molar-refractivity contribution is -0.129. The zero-order valence-corrected chi connectivity index (χ0v) is 12.3. The van der Waals surface area contributed by atoms with E-state index in [1.165, 1.54) is 0 Å². The van der Waals surface area contributed by atoms with Gasteiger partial charge in [-0.3, -0.25) is 4.79 Å². The molecule has 1 amide bonds. The van der Waals surface area contributed by atoms with E-state index in [-0.39, 0.29) is 35.4 Å². The number of sulfone groups is 1. The van der Waals surface area contributed by atoms with Crippen molar-refractivity contribution in [3.8, 4) is 0 Å². The Morgan fingerprint density at radius 1 is 1.16 bits per heavy atom. The molecule has 0 spiro atoms. The Bertz CT molecular complexity index is 411. The van der Waals surface area contributed by atoms with Crippen LogP contribution in [0.5, 0.6) is 0 Å². The standard InChI is InChI=1S/C13H24N2O3S/c1-9-3-2-4-11(14)12(9)13(16)15-10-5-7-19(17,18)8-6-10/h9-12H,2-8,14H2,1H3,(H,15,16). The molecule has 0 aromatic heterocycles. The largest absolute Gasteiger partial charge is 0.353 e. The summed E-state index contributed by atoms with van der Waals surface area (Å²) in [6, 6.07) is -0.0616. The molecule has 1 heterocycles. The smallest absolute Gasteiger partial charge is 0.225 e. The summed E-state index contributed by atoms with van der Waals surface area (Å²) in [5, 5.41) is 3.00. The number of nitrogens with two attached hydrogens (primary N) is 1. The van der Waals surface area contributed by atoms with Gasteiger partial charge in [-0.15, -0.1) is 0 Å². The molecule has 5 nitrogen and oxygen atoms in total. The van der Waals surface area contributed by atoms with Crippen molar-refractivity contribution >= 4 is 15.7 Å². The molecule has 0 radical (unpaired) electrons. The van der Waals surface area contributed by atoms with Crippen molar-refractivity contribution in [1.29, 1.82) is 0 Å². The van der Waals surface area contributed by atoms with Crippen LogP contribution in [0, 0.1) is 11.8 Å². The highest BCUT2D eigenvalue weighted by molar-refractivity contribution is 7.91. The van der Waals surface area contributed by atoms with Gasteiger partial charge in [0.05, 0.1) is 17.4 Å². The van der Waals surface area contributed by atoms with Gasteiger partial charge in [0.1, 0.15) is 9.84 Å². The molecular formula is C13H24N2O3S. The third-order valence-electron chi connectivity index (χ3n) is 4.48. The molecule has 6 heteroatoms. The number of amides is 1. The molecule has 1 saturated carbocycles. The van der Waals surface area contributed by atoms with Crippen molar-refractivity contribution in [3.63, 3.8) is 0 Å². The summed E-state index contributed by atoms with van der Waals surface area (Å²) < 4.78 is 22.7. The third kappa shape index (κ3) is 3.69. The van der Waals surface area contributed by atoms with Gasteiger partial charge in [-0.05, 0) is 31.6 Å². The van der Waals surface area contributed by atoms with Crippen LogP contribution in [-0.4, -0.2) is 37.9 Å². The summed E-state index contributed by atoms with van der Waals surface area (Å²) in [5.74, 6) is 0.585. The van der Waals surface area contributed by atoms with Crippen LogP contribution in [0.1, 0.15) is 39.0 Å². The zero-order valence-electron chi connectivity index (χ0n) is 11.5. The molecule has 0 aromatic carbocycles. The third-order valence-corrected chi connectivity index (χ3v) is 6.19. The molecule has 0 aromatic rings. The second-order valence-corrected chi connectivity index (χ2v) is 8.34. The van der Waals surface area contributed by atoms with Crippen LogP contribution >= 0.6 is 0 Å². The van der Waals surface area contributed by atoms with Crippen LogP contribution in [-0.2, 0) is 14.6 Å². The molecule has 3 unspecified atom stereocenters. The van der Waals surface area contributed by atoms with Crippen LogP contribution in [0.2, 0.25) is 0 Å². The van der Waals surface area contributed by atoms with Gasteiger partial charge in [-0.1, -0.05) is 13.3 Å². The monoisotopic (exact) mass is 288 g/mol. The maximum Gasteiger partial charge on any atom is 0.225 e. The number of hydrogen-bond acceptors (Lipinski definition) is 4. The van der Waals surface area contributed by atoms with Crippen LogP contribution in [0.25, 0.3) is 0 Å². The lowest BCUT2D eigenvalue weighted by Crippen LogP contribution is -2.51. The van der Waals surface area contributed by atoms with Gasteiger partial charge in [0.25, 0.3) is 0 Å². The van der Waals surface area contributed by atoms with Crippen molar-refractivity contribution in [3.05, 3.63) is 0 Å².